The van der Waals surface area contributed by atoms with Crippen molar-refractivity contribution >= 4 is 29.2 Å². The number of halogens is 2. The molecule has 1 aliphatic heterocycles. The summed E-state index contributed by atoms with van der Waals surface area (Å²) in [6, 6.07) is 4.25. The Labute approximate surface area is 166 Å². The molecule has 28 heavy (non-hydrogen) atoms. The van der Waals surface area contributed by atoms with Crippen molar-refractivity contribution in [2.24, 2.45) is 5.92 Å². The average molecular weight is 404 g/mol. The van der Waals surface area contributed by atoms with Crippen LogP contribution in [0, 0.1) is 17.6 Å². The second kappa shape index (κ2) is 8.65. The van der Waals surface area contributed by atoms with Crippen LogP contribution in [-0.2, 0) is 9.59 Å². The lowest BCUT2D eigenvalue weighted by molar-refractivity contribution is -0.142. The van der Waals surface area contributed by atoms with E-state index in [1.807, 2.05) is 30.7 Å². The number of carbonyl (C=O) groups is 2. The van der Waals surface area contributed by atoms with E-state index in [1.165, 1.54) is 29.6 Å². The van der Waals surface area contributed by atoms with Gasteiger partial charge in [-0.15, -0.1) is 0 Å². The Bertz CT molecular complexity index is 881. The monoisotopic (exact) mass is 404 g/mol. The van der Waals surface area contributed by atoms with Crippen LogP contribution in [0.4, 0.5) is 8.78 Å². The first kappa shape index (κ1) is 20.2. The fourth-order valence-electron chi connectivity index (χ4n) is 3.26. The fourth-order valence-corrected chi connectivity index (χ4v) is 3.97. The van der Waals surface area contributed by atoms with E-state index in [4.69, 9.17) is 0 Å². The van der Waals surface area contributed by atoms with Crippen molar-refractivity contribution < 1.29 is 18.4 Å². The molecule has 1 fully saturated rings. The molecule has 0 radical (unpaired) electrons. The normalized spacial score (nSPS) is 20.0. The van der Waals surface area contributed by atoms with Gasteiger partial charge in [-0.2, -0.15) is 11.3 Å². The Kier molecular flexibility index (Phi) is 6.24. The molecule has 0 bridgehead atoms. The molecule has 2 heterocycles. The number of rotatable bonds is 5. The average Bonchev–Trinajstić information content (AvgIpc) is 3.16. The topological polar surface area (TPSA) is 49.4 Å². The maximum Gasteiger partial charge on any atom is 0.247 e. The number of hydrogen-bond donors (Lipinski definition) is 1. The summed E-state index contributed by atoms with van der Waals surface area (Å²) in [6.45, 7) is 4.32. The van der Waals surface area contributed by atoms with Crippen molar-refractivity contribution in [1.29, 1.82) is 0 Å². The highest BCUT2D eigenvalue weighted by Crippen LogP contribution is 2.26. The molecule has 148 valence electrons. The highest BCUT2D eigenvalue weighted by molar-refractivity contribution is 7.08. The van der Waals surface area contributed by atoms with Crippen LogP contribution >= 0.6 is 11.3 Å². The zero-order valence-electron chi connectivity index (χ0n) is 15.7. The van der Waals surface area contributed by atoms with E-state index in [9.17, 15) is 18.4 Å². The summed E-state index contributed by atoms with van der Waals surface area (Å²) < 4.78 is 26.9. The van der Waals surface area contributed by atoms with Gasteiger partial charge in [-0.1, -0.05) is 13.8 Å². The van der Waals surface area contributed by atoms with Crippen molar-refractivity contribution in [3.05, 3.63) is 63.9 Å². The Morgan fingerprint density at radius 1 is 1.36 bits per heavy atom. The molecule has 0 unspecified atom stereocenters. The minimum absolute atomic E-state index is 0.117. The van der Waals surface area contributed by atoms with Crippen molar-refractivity contribution in [3.8, 4) is 0 Å². The molecule has 1 saturated heterocycles. The van der Waals surface area contributed by atoms with E-state index < -0.39 is 17.7 Å². The molecule has 7 heteroatoms. The van der Waals surface area contributed by atoms with Gasteiger partial charge < -0.3 is 10.2 Å². The van der Waals surface area contributed by atoms with Crippen molar-refractivity contribution in [1.82, 2.24) is 10.2 Å². The van der Waals surface area contributed by atoms with E-state index >= 15 is 0 Å². The summed E-state index contributed by atoms with van der Waals surface area (Å²) in [4.78, 5) is 27.1. The first-order chi connectivity index (χ1) is 13.3. The smallest absolute Gasteiger partial charge is 0.247 e. The van der Waals surface area contributed by atoms with Crippen LogP contribution < -0.4 is 5.32 Å². The molecule has 0 saturated carbocycles. The number of carbonyl (C=O) groups excluding carboxylic acids is 2. The van der Waals surface area contributed by atoms with Crippen molar-refractivity contribution in [2.45, 2.75) is 32.4 Å². The quantitative estimate of drug-likeness (QED) is 0.761. The number of nitrogens with one attached hydrogen (secondary N) is 1. The lowest BCUT2D eigenvalue weighted by Crippen LogP contribution is -2.58. The largest absolute Gasteiger partial charge is 0.346 e. The van der Waals surface area contributed by atoms with E-state index in [-0.39, 0.29) is 29.3 Å². The summed E-state index contributed by atoms with van der Waals surface area (Å²) in [5.41, 5.74) is 1.07. The van der Waals surface area contributed by atoms with Crippen molar-refractivity contribution in [2.75, 3.05) is 6.54 Å². The number of hydrogen-bond acceptors (Lipinski definition) is 3. The van der Waals surface area contributed by atoms with E-state index in [0.717, 1.165) is 17.7 Å². The maximum atomic E-state index is 13.8. The molecule has 2 aromatic rings. The first-order valence-corrected chi connectivity index (χ1v) is 10.1. The molecule has 3 rings (SSSR count). The van der Waals surface area contributed by atoms with Gasteiger partial charge in [0, 0.05) is 24.3 Å². The van der Waals surface area contributed by atoms with Gasteiger partial charge in [0.25, 0.3) is 0 Å². The molecular weight excluding hydrogens is 382 g/mol. The van der Waals surface area contributed by atoms with Gasteiger partial charge in [0.1, 0.15) is 17.7 Å². The van der Waals surface area contributed by atoms with E-state index in [0.29, 0.717) is 13.0 Å². The predicted molar refractivity (Wildman–Crippen MR) is 106 cm³/mol. The third-order valence-electron chi connectivity index (χ3n) is 4.67. The minimum Gasteiger partial charge on any atom is -0.346 e. The maximum absolute atomic E-state index is 13.8. The Hall–Kier alpha value is -2.54. The summed E-state index contributed by atoms with van der Waals surface area (Å²) in [6.07, 6.45) is 3.09. The van der Waals surface area contributed by atoms with Gasteiger partial charge in [-0.05, 0) is 52.9 Å². The molecule has 1 aliphatic rings. The zero-order valence-corrected chi connectivity index (χ0v) is 16.5. The molecule has 0 spiro atoms. The van der Waals surface area contributed by atoms with Gasteiger partial charge >= 0.3 is 0 Å². The molecule has 2 atom stereocenters. The summed E-state index contributed by atoms with van der Waals surface area (Å²) in [7, 11) is 0. The van der Waals surface area contributed by atoms with Gasteiger partial charge in [0.05, 0.1) is 6.04 Å². The molecule has 1 N–H and O–H groups in total. The highest BCUT2D eigenvalue weighted by atomic mass is 32.1. The highest BCUT2D eigenvalue weighted by Gasteiger charge is 2.37. The third kappa shape index (κ3) is 4.65. The summed E-state index contributed by atoms with van der Waals surface area (Å²) >= 11 is 1.52. The number of piperazine rings is 1. The van der Waals surface area contributed by atoms with Crippen LogP contribution in [0.25, 0.3) is 6.08 Å². The van der Waals surface area contributed by atoms with Crippen LogP contribution in [0.5, 0.6) is 0 Å². The van der Waals surface area contributed by atoms with Gasteiger partial charge in [0.2, 0.25) is 11.8 Å². The summed E-state index contributed by atoms with van der Waals surface area (Å²) in [5, 5.41) is 6.86. The Morgan fingerprint density at radius 3 is 2.79 bits per heavy atom. The van der Waals surface area contributed by atoms with E-state index in [1.54, 1.807) is 4.90 Å². The fraction of sp³-hybridized carbons (Fsp3) is 0.333. The first-order valence-electron chi connectivity index (χ1n) is 9.11. The third-order valence-corrected chi connectivity index (χ3v) is 5.37. The molecule has 1 aromatic heterocycles. The summed E-state index contributed by atoms with van der Waals surface area (Å²) in [5.74, 6) is -1.75. The molecule has 4 nitrogen and oxygen atoms in total. The van der Waals surface area contributed by atoms with Crippen LogP contribution in [0.2, 0.25) is 0 Å². The second-order valence-electron chi connectivity index (χ2n) is 7.25. The molecular formula is C21H22F2N2O2S. The predicted octanol–water partition coefficient (Wildman–Crippen LogP) is 4.15. The SMILES string of the molecule is CC(C)C[C@H]1C(=O)N[C@@H](c2ccsc2)CN1C(=O)C=Cc1ccc(F)cc1F. The van der Waals surface area contributed by atoms with Crippen molar-refractivity contribution in [3.63, 3.8) is 0 Å². The minimum atomic E-state index is -0.740. The van der Waals surface area contributed by atoms with Crippen LogP contribution in [0.3, 0.4) is 0 Å². The standard InChI is InChI=1S/C21H22F2N2O2S/c1-13(2)9-19-21(27)24-18(15-7-8-28-12-15)11-25(19)20(26)6-4-14-3-5-16(22)10-17(14)23/h3-8,10,12-13,18-19H,9,11H2,1-2H3,(H,24,27)/t18-,19+/m1/s1. The number of thiophene rings is 1. The lowest BCUT2D eigenvalue weighted by Gasteiger charge is -2.39. The molecule has 1 aromatic carbocycles. The molecule has 0 aliphatic carbocycles. The van der Waals surface area contributed by atoms with Crippen LogP contribution in [-0.4, -0.2) is 29.3 Å². The molecule has 2 amide bonds. The van der Waals surface area contributed by atoms with Gasteiger partial charge in [-0.3, -0.25) is 9.59 Å². The van der Waals surface area contributed by atoms with Crippen LogP contribution in [0.1, 0.15) is 37.4 Å². The zero-order chi connectivity index (χ0) is 20.3. The van der Waals surface area contributed by atoms with E-state index in [2.05, 4.69) is 5.32 Å². The number of amides is 2. The van der Waals surface area contributed by atoms with Gasteiger partial charge in [-0.25, -0.2) is 8.78 Å². The number of nitrogens with zero attached hydrogens (tertiary/aromatic N) is 1. The Morgan fingerprint density at radius 2 is 2.14 bits per heavy atom. The number of benzene rings is 1. The second-order valence-corrected chi connectivity index (χ2v) is 8.03. The Balaban J connectivity index is 1.83. The van der Waals surface area contributed by atoms with Crippen LogP contribution in [0.15, 0.2) is 41.1 Å². The van der Waals surface area contributed by atoms with Gasteiger partial charge in [0.15, 0.2) is 0 Å². The lowest BCUT2D eigenvalue weighted by atomic mass is 9.96.